The first-order valence-corrected chi connectivity index (χ1v) is 8.11. The van der Waals surface area contributed by atoms with Crippen molar-refractivity contribution in [3.63, 3.8) is 0 Å². The first kappa shape index (κ1) is 16.2. The van der Waals surface area contributed by atoms with Gasteiger partial charge in [-0.1, -0.05) is 6.92 Å². The van der Waals surface area contributed by atoms with Gasteiger partial charge >= 0.3 is 5.97 Å². The molecule has 126 valence electrons. The smallest absolute Gasteiger partial charge is 0.326 e. The van der Waals surface area contributed by atoms with Gasteiger partial charge in [0.15, 0.2) is 0 Å². The number of carboxylic acids is 1. The van der Waals surface area contributed by atoms with Crippen LogP contribution in [0.25, 0.3) is 5.69 Å². The molecule has 0 aliphatic carbocycles. The molecule has 2 aromatic rings. The van der Waals surface area contributed by atoms with E-state index in [-0.39, 0.29) is 5.91 Å². The fourth-order valence-electron chi connectivity index (χ4n) is 3.10. The zero-order valence-electron chi connectivity index (χ0n) is 13.8. The second-order valence-corrected chi connectivity index (χ2v) is 6.49. The molecule has 0 saturated carbocycles. The van der Waals surface area contributed by atoms with E-state index in [1.165, 1.54) is 4.90 Å². The molecule has 1 aromatic carbocycles. The number of carbonyl (C=O) groups excluding carboxylic acids is 1. The maximum Gasteiger partial charge on any atom is 0.326 e. The van der Waals surface area contributed by atoms with Crippen LogP contribution in [0.2, 0.25) is 0 Å². The summed E-state index contributed by atoms with van der Waals surface area (Å²) in [6.07, 6.45) is 5.01. The molecule has 2 atom stereocenters. The minimum absolute atomic E-state index is 0.225. The third-order valence-electron chi connectivity index (χ3n) is 4.50. The normalized spacial score (nSPS) is 20.8. The van der Waals surface area contributed by atoms with Crippen molar-refractivity contribution in [2.24, 2.45) is 5.92 Å². The van der Waals surface area contributed by atoms with Crippen molar-refractivity contribution in [2.75, 3.05) is 6.54 Å². The van der Waals surface area contributed by atoms with Crippen LogP contribution in [0.1, 0.15) is 35.7 Å². The fraction of sp³-hybridized carbons (Fsp3) is 0.389. The van der Waals surface area contributed by atoms with Crippen molar-refractivity contribution in [3.05, 3.63) is 47.8 Å². The zero-order chi connectivity index (χ0) is 17.3. The average Bonchev–Trinajstić information content (AvgIpc) is 3.01. The van der Waals surface area contributed by atoms with Crippen LogP contribution in [0.5, 0.6) is 0 Å². The lowest BCUT2D eigenvalue weighted by molar-refractivity contribution is -0.144. The molecule has 1 amide bonds. The zero-order valence-corrected chi connectivity index (χ0v) is 13.8. The van der Waals surface area contributed by atoms with Gasteiger partial charge in [-0.15, -0.1) is 0 Å². The van der Waals surface area contributed by atoms with E-state index in [0.29, 0.717) is 24.4 Å². The number of amides is 1. The first-order valence-electron chi connectivity index (χ1n) is 8.11. The number of hydrogen-bond donors (Lipinski definition) is 1. The number of rotatable bonds is 3. The van der Waals surface area contributed by atoms with Crippen molar-refractivity contribution >= 4 is 11.9 Å². The van der Waals surface area contributed by atoms with Gasteiger partial charge in [0.25, 0.3) is 5.91 Å². The van der Waals surface area contributed by atoms with E-state index < -0.39 is 12.0 Å². The van der Waals surface area contributed by atoms with Gasteiger partial charge in [0.05, 0.1) is 11.9 Å². The summed E-state index contributed by atoms with van der Waals surface area (Å²) < 4.78 is 1.74. The number of benzene rings is 1. The van der Waals surface area contributed by atoms with Gasteiger partial charge in [0.1, 0.15) is 6.04 Å². The Morgan fingerprint density at radius 3 is 2.54 bits per heavy atom. The van der Waals surface area contributed by atoms with Crippen LogP contribution in [0.3, 0.4) is 0 Å². The maximum atomic E-state index is 12.7. The van der Waals surface area contributed by atoms with Crippen LogP contribution >= 0.6 is 0 Å². The van der Waals surface area contributed by atoms with Crippen LogP contribution in [0.15, 0.2) is 36.7 Å². The van der Waals surface area contributed by atoms with Gasteiger partial charge in [-0.3, -0.25) is 4.79 Å². The largest absolute Gasteiger partial charge is 0.480 e. The van der Waals surface area contributed by atoms with Gasteiger partial charge < -0.3 is 10.0 Å². The van der Waals surface area contributed by atoms with Gasteiger partial charge in [-0.05, 0) is 55.5 Å². The highest BCUT2D eigenvalue weighted by Crippen LogP contribution is 2.24. The third kappa shape index (κ3) is 3.18. The summed E-state index contributed by atoms with van der Waals surface area (Å²) in [4.78, 5) is 25.7. The highest BCUT2D eigenvalue weighted by molar-refractivity contribution is 5.96. The lowest BCUT2D eigenvalue weighted by atomic mass is 9.92. The Hall–Kier alpha value is -2.63. The van der Waals surface area contributed by atoms with E-state index in [1.807, 2.05) is 32.2 Å². The molecule has 24 heavy (non-hydrogen) atoms. The van der Waals surface area contributed by atoms with Crippen molar-refractivity contribution in [3.8, 4) is 5.69 Å². The van der Waals surface area contributed by atoms with E-state index in [4.69, 9.17) is 0 Å². The minimum atomic E-state index is -0.932. The molecule has 1 fully saturated rings. The van der Waals surface area contributed by atoms with Crippen LogP contribution in [-0.4, -0.2) is 44.3 Å². The number of nitrogens with zero attached hydrogens (tertiary/aromatic N) is 3. The van der Waals surface area contributed by atoms with Crippen LogP contribution in [0, 0.1) is 12.8 Å². The summed E-state index contributed by atoms with van der Waals surface area (Å²) in [5.74, 6) is -0.836. The second kappa shape index (κ2) is 6.47. The minimum Gasteiger partial charge on any atom is -0.480 e. The van der Waals surface area contributed by atoms with Crippen molar-refractivity contribution in [1.82, 2.24) is 14.7 Å². The van der Waals surface area contributed by atoms with Gasteiger partial charge in [0, 0.05) is 18.3 Å². The Labute approximate surface area is 140 Å². The Bertz CT molecular complexity index is 751. The molecule has 6 heteroatoms. The standard InChI is InChI=1S/C18H21N3O3/c1-12-7-8-20(16(9-12)18(23)24)17(22)14-3-5-15(6-4-14)21-11-13(2)10-19-21/h3-6,10-12,16H,7-9H2,1-2H3,(H,23,24). The van der Waals surface area contributed by atoms with Crippen molar-refractivity contribution in [1.29, 1.82) is 0 Å². The van der Waals surface area contributed by atoms with E-state index in [1.54, 1.807) is 23.0 Å². The second-order valence-electron chi connectivity index (χ2n) is 6.49. The number of carboxylic acid groups (broad SMARTS) is 1. The molecule has 6 nitrogen and oxygen atoms in total. The molecule has 3 rings (SSSR count). The monoisotopic (exact) mass is 327 g/mol. The van der Waals surface area contributed by atoms with Crippen LogP contribution in [0.4, 0.5) is 0 Å². The summed E-state index contributed by atoms with van der Waals surface area (Å²) in [6.45, 7) is 4.47. The molecular weight excluding hydrogens is 306 g/mol. The fourth-order valence-corrected chi connectivity index (χ4v) is 3.10. The molecular formula is C18H21N3O3. The highest BCUT2D eigenvalue weighted by Gasteiger charge is 2.35. The number of piperidine rings is 1. The molecule has 1 aliphatic rings. The maximum absolute atomic E-state index is 12.7. The summed E-state index contributed by atoms with van der Waals surface area (Å²) >= 11 is 0. The molecule has 1 saturated heterocycles. The molecule has 0 spiro atoms. The predicted molar refractivity (Wildman–Crippen MR) is 89.2 cm³/mol. The predicted octanol–water partition coefficient (Wildman–Crippen LogP) is 2.51. The average molecular weight is 327 g/mol. The van der Waals surface area contributed by atoms with Crippen molar-refractivity contribution < 1.29 is 14.7 Å². The first-order chi connectivity index (χ1) is 11.5. The summed E-state index contributed by atoms with van der Waals surface area (Å²) in [6, 6.07) is 6.36. The van der Waals surface area contributed by atoms with E-state index in [2.05, 4.69) is 5.10 Å². The Morgan fingerprint density at radius 2 is 1.96 bits per heavy atom. The van der Waals surface area contributed by atoms with E-state index in [0.717, 1.165) is 17.7 Å². The number of likely N-dealkylation sites (tertiary alicyclic amines) is 1. The number of carbonyl (C=O) groups is 2. The Morgan fingerprint density at radius 1 is 1.25 bits per heavy atom. The summed E-state index contributed by atoms with van der Waals surface area (Å²) in [5.41, 5.74) is 2.42. The number of aryl methyl sites for hydroxylation is 1. The Balaban J connectivity index is 1.80. The van der Waals surface area contributed by atoms with Crippen molar-refractivity contribution in [2.45, 2.75) is 32.7 Å². The van der Waals surface area contributed by atoms with E-state index >= 15 is 0 Å². The van der Waals surface area contributed by atoms with Crippen LogP contribution < -0.4 is 0 Å². The van der Waals surface area contributed by atoms with Crippen LogP contribution in [-0.2, 0) is 4.79 Å². The molecule has 2 unspecified atom stereocenters. The lowest BCUT2D eigenvalue weighted by Crippen LogP contribution is -2.49. The highest BCUT2D eigenvalue weighted by atomic mass is 16.4. The number of hydrogen-bond acceptors (Lipinski definition) is 3. The number of aliphatic carboxylic acids is 1. The van der Waals surface area contributed by atoms with Gasteiger partial charge in [0.2, 0.25) is 0 Å². The molecule has 1 N–H and O–H groups in total. The quantitative estimate of drug-likeness (QED) is 0.940. The molecule has 1 aliphatic heterocycles. The summed E-state index contributed by atoms with van der Waals surface area (Å²) in [7, 11) is 0. The molecule has 1 aromatic heterocycles. The summed E-state index contributed by atoms with van der Waals surface area (Å²) in [5, 5.41) is 13.6. The molecule has 0 bridgehead atoms. The topological polar surface area (TPSA) is 75.4 Å². The van der Waals surface area contributed by atoms with Gasteiger partial charge in [-0.25, -0.2) is 9.48 Å². The van der Waals surface area contributed by atoms with Gasteiger partial charge in [-0.2, -0.15) is 5.10 Å². The SMILES string of the molecule is Cc1cnn(-c2ccc(C(=O)N3CCC(C)CC3C(=O)O)cc2)c1. The molecule has 0 radical (unpaired) electrons. The third-order valence-corrected chi connectivity index (χ3v) is 4.50. The lowest BCUT2D eigenvalue weighted by Gasteiger charge is -2.36. The van der Waals surface area contributed by atoms with E-state index in [9.17, 15) is 14.7 Å². The Kier molecular flexibility index (Phi) is 4.38. The molecule has 2 heterocycles. The number of aromatic nitrogens is 2.